The normalized spacial score (nSPS) is 8.69. The van der Waals surface area contributed by atoms with Gasteiger partial charge >= 0.3 is 0 Å². The lowest BCUT2D eigenvalue weighted by atomic mass is 10.3. The Kier molecular flexibility index (Phi) is 4.52. The van der Waals surface area contributed by atoms with Gasteiger partial charge in [-0.15, -0.1) is 0 Å². The SMILES string of the molecule is COCC#CCNc1ccccc1. The van der Waals surface area contributed by atoms with E-state index < -0.39 is 0 Å². The number of nitrogens with one attached hydrogen (secondary N) is 1. The molecule has 0 saturated carbocycles. The molecule has 13 heavy (non-hydrogen) atoms. The first-order valence-corrected chi connectivity index (χ1v) is 4.17. The molecular weight excluding hydrogens is 162 g/mol. The van der Waals surface area contributed by atoms with E-state index in [0.717, 1.165) is 5.69 Å². The quantitative estimate of drug-likeness (QED) is 0.707. The fourth-order valence-electron chi connectivity index (χ4n) is 0.888. The Morgan fingerprint density at radius 1 is 1.23 bits per heavy atom. The van der Waals surface area contributed by atoms with Crippen molar-refractivity contribution in [1.29, 1.82) is 0 Å². The van der Waals surface area contributed by atoms with Crippen molar-refractivity contribution in [1.82, 2.24) is 0 Å². The van der Waals surface area contributed by atoms with Gasteiger partial charge in [0.1, 0.15) is 6.61 Å². The van der Waals surface area contributed by atoms with Gasteiger partial charge in [-0.1, -0.05) is 30.0 Å². The molecule has 1 rings (SSSR count). The molecule has 0 unspecified atom stereocenters. The van der Waals surface area contributed by atoms with Crippen molar-refractivity contribution in [3.8, 4) is 11.8 Å². The van der Waals surface area contributed by atoms with E-state index in [9.17, 15) is 0 Å². The molecule has 0 fully saturated rings. The summed E-state index contributed by atoms with van der Waals surface area (Å²) in [6.45, 7) is 1.16. The van der Waals surface area contributed by atoms with Crippen LogP contribution in [0.15, 0.2) is 30.3 Å². The summed E-state index contributed by atoms with van der Waals surface area (Å²) in [5.74, 6) is 5.82. The zero-order valence-corrected chi connectivity index (χ0v) is 7.71. The predicted molar refractivity (Wildman–Crippen MR) is 54.6 cm³/mol. The van der Waals surface area contributed by atoms with Crippen molar-refractivity contribution in [3.63, 3.8) is 0 Å². The second-order valence-corrected chi connectivity index (χ2v) is 2.51. The van der Waals surface area contributed by atoms with E-state index in [-0.39, 0.29) is 0 Å². The number of benzene rings is 1. The van der Waals surface area contributed by atoms with Crippen LogP contribution < -0.4 is 5.32 Å². The average Bonchev–Trinajstić information content (AvgIpc) is 2.19. The maximum atomic E-state index is 4.79. The van der Waals surface area contributed by atoms with E-state index in [2.05, 4.69) is 17.2 Å². The summed E-state index contributed by atoms with van der Waals surface area (Å²) < 4.78 is 4.79. The summed E-state index contributed by atoms with van der Waals surface area (Å²) in [5, 5.41) is 3.17. The first kappa shape index (κ1) is 9.63. The van der Waals surface area contributed by atoms with Gasteiger partial charge in [-0.2, -0.15) is 0 Å². The summed E-state index contributed by atoms with van der Waals surface area (Å²) in [6, 6.07) is 9.99. The van der Waals surface area contributed by atoms with E-state index in [0.29, 0.717) is 13.2 Å². The molecule has 0 aliphatic heterocycles. The molecule has 2 nitrogen and oxygen atoms in total. The topological polar surface area (TPSA) is 21.3 Å². The fraction of sp³-hybridized carbons (Fsp3) is 0.273. The van der Waals surface area contributed by atoms with Gasteiger partial charge in [-0.25, -0.2) is 0 Å². The van der Waals surface area contributed by atoms with Gasteiger partial charge in [0.15, 0.2) is 0 Å². The molecule has 0 saturated heterocycles. The van der Waals surface area contributed by atoms with Gasteiger partial charge < -0.3 is 10.1 Å². The largest absolute Gasteiger partial charge is 0.374 e. The highest BCUT2D eigenvalue weighted by Gasteiger charge is 1.83. The Balaban J connectivity index is 2.25. The summed E-state index contributed by atoms with van der Waals surface area (Å²) in [6.07, 6.45) is 0. The Morgan fingerprint density at radius 2 is 2.00 bits per heavy atom. The lowest BCUT2D eigenvalue weighted by Crippen LogP contribution is -1.98. The lowest BCUT2D eigenvalue weighted by molar-refractivity contribution is 0.239. The molecule has 2 heteroatoms. The summed E-state index contributed by atoms with van der Waals surface area (Å²) in [7, 11) is 1.64. The van der Waals surface area contributed by atoms with Crippen LogP contribution in [-0.4, -0.2) is 20.3 Å². The fourth-order valence-corrected chi connectivity index (χ4v) is 0.888. The number of methoxy groups -OCH3 is 1. The number of hydrogen-bond donors (Lipinski definition) is 1. The molecule has 1 aromatic carbocycles. The number of rotatable bonds is 3. The first-order chi connectivity index (χ1) is 6.43. The summed E-state index contributed by atoms with van der Waals surface area (Å²) >= 11 is 0. The smallest absolute Gasteiger partial charge is 0.107 e. The van der Waals surface area contributed by atoms with E-state index >= 15 is 0 Å². The van der Waals surface area contributed by atoms with Crippen LogP contribution in [0, 0.1) is 11.8 Å². The van der Waals surface area contributed by atoms with Crippen molar-refractivity contribution < 1.29 is 4.74 Å². The van der Waals surface area contributed by atoms with Crippen LogP contribution in [0.1, 0.15) is 0 Å². The molecule has 0 atom stereocenters. The van der Waals surface area contributed by atoms with Crippen molar-refractivity contribution in [2.75, 3.05) is 25.6 Å². The Labute approximate surface area is 78.9 Å². The number of anilines is 1. The van der Waals surface area contributed by atoms with Crippen LogP contribution in [0.3, 0.4) is 0 Å². The Bertz CT molecular complexity index is 284. The summed E-state index contributed by atoms with van der Waals surface area (Å²) in [4.78, 5) is 0. The zero-order chi connectivity index (χ0) is 9.36. The van der Waals surface area contributed by atoms with Crippen LogP contribution in [0.5, 0.6) is 0 Å². The standard InChI is InChI=1S/C11H13NO/c1-13-10-6-5-9-12-11-7-3-2-4-8-11/h2-4,7-8,12H,9-10H2,1H3. The zero-order valence-electron chi connectivity index (χ0n) is 7.71. The molecule has 0 aromatic heterocycles. The summed E-state index contributed by atoms with van der Waals surface area (Å²) in [5.41, 5.74) is 1.09. The minimum absolute atomic E-state index is 0.496. The van der Waals surface area contributed by atoms with Gasteiger partial charge in [-0.3, -0.25) is 0 Å². The minimum Gasteiger partial charge on any atom is -0.374 e. The van der Waals surface area contributed by atoms with Crippen LogP contribution >= 0.6 is 0 Å². The maximum absolute atomic E-state index is 4.79. The molecule has 1 N–H and O–H groups in total. The van der Waals surface area contributed by atoms with Crippen molar-refractivity contribution in [2.45, 2.75) is 0 Å². The Hall–Kier alpha value is -1.46. The molecular formula is C11H13NO. The first-order valence-electron chi connectivity index (χ1n) is 4.17. The second-order valence-electron chi connectivity index (χ2n) is 2.51. The van der Waals surface area contributed by atoms with Crippen molar-refractivity contribution >= 4 is 5.69 Å². The van der Waals surface area contributed by atoms with E-state index in [1.54, 1.807) is 7.11 Å². The molecule has 68 valence electrons. The number of para-hydroxylation sites is 1. The molecule has 0 amide bonds. The predicted octanol–water partition coefficient (Wildman–Crippen LogP) is 1.75. The van der Waals surface area contributed by atoms with Gasteiger partial charge in [0, 0.05) is 12.8 Å². The monoisotopic (exact) mass is 175 g/mol. The third kappa shape index (κ3) is 4.19. The Morgan fingerprint density at radius 3 is 2.69 bits per heavy atom. The van der Waals surface area contributed by atoms with Crippen LogP contribution in [-0.2, 0) is 4.74 Å². The van der Waals surface area contributed by atoms with Crippen molar-refractivity contribution in [3.05, 3.63) is 30.3 Å². The highest BCUT2D eigenvalue weighted by Crippen LogP contribution is 2.02. The molecule has 0 aliphatic carbocycles. The molecule has 0 heterocycles. The highest BCUT2D eigenvalue weighted by molar-refractivity contribution is 5.43. The van der Waals surface area contributed by atoms with Crippen molar-refractivity contribution in [2.24, 2.45) is 0 Å². The van der Waals surface area contributed by atoms with Crippen LogP contribution in [0.25, 0.3) is 0 Å². The van der Waals surface area contributed by atoms with Gasteiger partial charge in [0.25, 0.3) is 0 Å². The van der Waals surface area contributed by atoms with E-state index in [1.807, 2.05) is 30.3 Å². The van der Waals surface area contributed by atoms with Gasteiger partial charge in [-0.05, 0) is 12.1 Å². The molecule has 0 spiro atoms. The van der Waals surface area contributed by atoms with Crippen LogP contribution in [0.2, 0.25) is 0 Å². The van der Waals surface area contributed by atoms with Gasteiger partial charge in [0.2, 0.25) is 0 Å². The average molecular weight is 175 g/mol. The second kappa shape index (κ2) is 6.10. The van der Waals surface area contributed by atoms with Gasteiger partial charge in [0.05, 0.1) is 6.54 Å². The molecule has 1 aromatic rings. The molecule has 0 aliphatic rings. The molecule has 0 bridgehead atoms. The maximum Gasteiger partial charge on any atom is 0.107 e. The van der Waals surface area contributed by atoms with E-state index in [4.69, 9.17) is 4.74 Å². The lowest BCUT2D eigenvalue weighted by Gasteiger charge is -1.99. The minimum atomic E-state index is 0.496. The van der Waals surface area contributed by atoms with E-state index in [1.165, 1.54) is 0 Å². The number of ether oxygens (including phenoxy) is 1. The highest BCUT2D eigenvalue weighted by atomic mass is 16.5. The molecule has 0 radical (unpaired) electrons. The van der Waals surface area contributed by atoms with Crippen LogP contribution in [0.4, 0.5) is 5.69 Å². The third-order valence-corrected chi connectivity index (χ3v) is 1.50. The number of hydrogen-bond acceptors (Lipinski definition) is 2. The third-order valence-electron chi connectivity index (χ3n) is 1.50.